The van der Waals surface area contributed by atoms with Gasteiger partial charge in [-0.15, -0.1) is 0 Å². The molecule has 5 aliphatic rings. The molecule has 0 unspecified atom stereocenters. The Morgan fingerprint density at radius 1 is 1.05 bits per heavy atom. The second-order valence-corrected chi connectivity index (χ2v) is 19.6. The minimum absolute atomic E-state index is 0.0265. The summed E-state index contributed by atoms with van der Waals surface area (Å²) in [7, 11) is -4.00. The summed E-state index contributed by atoms with van der Waals surface area (Å²) < 4.78 is 51.4. The van der Waals surface area contributed by atoms with E-state index in [2.05, 4.69) is 27.3 Å². The highest BCUT2D eigenvalue weighted by molar-refractivity contribution is 7.91. The lowest BCUT2D eigenvalue weighted by atomic mass is 9.88. The maximum absolute atomic E-state index is 14.8. The Morgan fingerprint density at radius 3 is 2.54 bits per heavy atom. The number of allylic oxidation sites excluding steroid dienone is 1. The van der Waals surface area contributed by atoms with Crippen molar-refractivity contribution < 1.29 is 46.5 Å². The number of fused-ring (bicyclic) bond motifs is 5. The Labute approximate surface area is 327 Å². The number of sulfonamides is 1. The molecule has 15 nitrogen and oxygen atoms in total. The van der Waals surface area contributed by atoms with E-state index in [4.69, 9.17) is 18.9 Å². The third-order valence-electron chi connectivity index (χ3n) is 11.6. The molecule has 3 fully saturated rings. The van der Waals surface area contributed by atoms with Crippen molar-refractivity contribution in [3.63, 3.8) is 0 Å². The molecule has 2 aromatic rings. The summed E-state index contributed by atoms with van der Waals surface area (Å²) in [6, 6.07) is 3.20. The maximum atomic E-state index is 14.8. The van der Waals surface area contributed by atoms with Gasteiger partial charge in [-0.1, -0.05) is 26.0 Å². The SMILES string of the molecule is C[C@H]1CC/C=C\[C@@H]2C[C@@]2(C(=O)NS(=O)(=O)C2(C)CC2)NC(=O)[C@@H]2C[C@@H](Oc3nccc4c5c(ccc34)OCCO5)CN2C(=O)[C@@H](NC(=O)OC(C)(C)C)[C@H](C)C1. The molecule has 4 amide bonds. The summed E-state index contributed by atoms with van der Waals surface area (Å²) in [6.07, 6.45) is 7.04. The zero-order chi connectivity index (χ0) is 40.2. The zero-order valence-corrected chi connectivity index (χ0v) is 33.7. The van der Waals surface area contributed by atoms with Gasteiger partial charge in [-0.2, -0.15) is 0 Å². The molecule has 2 aliphatic carbocycles. The fourth-order valence-electron chi connectivity index (χ4n) is 8.02. The minimum Gasteiger partial charge on any atom is -0.486 e. The van der Waals surface area contributed by atoms with Crippen molar-refractivity contribution in [3.05, 3.63) is 36.5 Å². The number of ether oxygens (including phenoxy) is 4. The van der Waals surface area contributed by atoms with Crippen molar-refractivity contribution in [1.82, 2.24) is 25.2 Å². The van der Waals surface area contributed by atoms with E-state index in [1.54, 1.807) is 46.0 Å². The molecule has 4 heterocycles. The molecule has 2 saturated carbocycles. The first-order chi connectivity index (χ1) is 26.4. The Kier molecular flexibility index (Phi) is 10.4. The van der Waals surface area contributed by atoms with Gasteiger partial charge in [0.25, 0.3) is 5.91 Å². The summed E-state index contributed by atoms with van der Waals surface area (Å²) in [5.74, 6) is -1.15. The van der Waals surface area contributed by atoms with Crippen LogP contribution >= 0.6 is 0 Å². The van der Waals surface area contributed by atoms with Gasteiger partial charge in [0, 0.05) is 29.3 Å². The highest BCUT2D eigenvalue weighted by Gasteiger charge is 2.63. The van der Waals surface area contributed by atoms with Crippen LogP contribution in [0.1, 0.15) is 86.5 Å². The third kappa shape index (κ3) is 7.98. The van der Waals surface area contributed by atoms with E-state index in [9.17, 15) is 27.6 Å². The fourth-order valence-corrected chi connectivity index (χ4v) is 9.33. The molecule has 1 aromatic carbocycles. The van der Waals surface area contributed by atoms with E-state index >= 15 is 0 Å². The van der Waals surface area contributed by atoms with E-state index in [0.29, 0.717) is 55.8 Å². The zero-order valence-electron chi connectivity index (χ0n) is 32.9. The monoisotopic (exact) mass is 795 g/mol. The van der Waals surface area contributed by atoms with Crippen molar-refractivity contribution in [2.24, 2.45) is 17.8 Å². The molecular weight excluding hydrogens is 743 g/mol. The third-order valence-corrected chi connectivity index (χ3v) is 13.8. The summed E-state index contributed by atoms with van der Waals surface area (Å²) in [5, 5.41) is 7.10. The fraction of sp³-hybridized carbons (Fsp3) is 0.625. The molecular formula is C40H53N5O10S. The Balaban J connectivity index is 1.22. The van der Waals surface area contributed by atoms with Crippen LogP contribution in [0, 0.1) is 17.8 Å². The second-order valence-electron chi connectivity index (χ2n) is 17.4. The highest BCUT2D eigenvalue weighted by atomic mass is 32.2. The quantitative estimate of drug-likeness (QED) is 0.357. The summed E-state index contributed by atoms with van der Waals surface area (Å²) >= 11 is 0. The molecule has 7 rings (SSSR count). The van der Waals surface area contributed by atoms with Crippen LogP contribution in [-0.2, 0) is 29.1 Å². The largest absolute Gasteiger partial charge is 0.486 e. The Bertz CT molecular complexity index is 2050. The lowest BCUT2D eigenvalue weighted by Gasteiger charge is -2.33. The van der Waals surface area contributed by atoms with E-state index in [0.717, 1.165) is 11.8 Å². The van der Waals surface area contributed by atoms with Gasteiger partial charge in [-0.05, 0) is 96.3 Å². The minimum atomic E-state index is -4.00. The van der Waals surface area contributed by atoms with E-state index < -0.39 is 73.8 Å². The van der Waals surface area contributed by atoms with E-state index in [-0.39, 0.29) is 37.1 Å². The molecule has 1 aromatic heterocycles. The molecule has 56 heavy (non-hydrogen) atoms. The molecule has 0 bridgehead atoms. The van der Waals surface area contributed by atoms with Crippen molar-refractivity contribution in [3.8, 4) is 17.4 Å². The van der Waals surface area contributed by atoms with Gasteiger partial charge in [0.15, 0.2) is 11.5 Å². The van der Waals surface area contributed by atoms with Gasteiger partial charge in [0.2, 0.25) is 27.7 Å². The molecule has 304 valence electrons. The van der Waals surface area contributed by atoms with Gasteiger partial charge in [0.1, 0.15) is 42.5 Å². The lowest BCUT2D eigenvalue weighted by Crippen LogP contribution is -2.59. The molecule has 3 N–H and O–H groups in total. The number of rotatable bonds is 6. The van der Waals surface area contributed by atoms with Crippen molar-refractivity contribution >= 4 is 44.6 Å². The van der Waals surface area contributed by atoms with Gasteiger partial charge in [0.05, 0.1) is 11.3 Å². The van der Waals surface area contributed by atoms with Crippen LogP contribution in [0.3, 0.4) is 0 Å². The topological polar surface area (TPSA) is 192 Å². The smallest absolute Gasteiger partial charge is 0.408 e. The average Bonchev–Trinajstić information content (AvgIpc) is 4.01. The van der Waals surface area contributed by atoms with Crippen LogP contribution in [0.2, 0.25) is 0 Å². The molecule has 0 radical (unpaired) electrons. The van der Waals surface area contributed by atoms with Gasteiger partial charge >= 0.3 is 6.09 Å². The highest BCUT2D eigenvalue weighted by Crippen LogP contribution is 2.48. The predicted octanol–water partition coefficient (Wildman–Crippen LogP) is 4.13. The van der Waals surface area contributed by atoms with Crippen LogP contribution in [0.25, 0.3) is 10.8 Å². The number of alkyl carbamates (subject to hydrolysis) is 1. The summed E-state index contributed by atoms with van der Waals surface area (Å²) in [5.41, 5.74) is -2.36. The summed E-state index contributed by atoms with van der Waals surface area (Å²) in [4.78, 5) is 62.4. The van der Waals surface area contributed by atoms with Crippen molar-refractivity contribution in [1.29, 1.82) is 0 Å². The Morgan fingerprint density at radius 2 is 1.80 bits per heavy atom. The number of amides is 4. The van der Waals surface area contributed by atoms with Crippen molar-refractivity contribution in [2.75, 3.05) is 19.8 Å². The first kappa shape index (κ1) is 39.6. The number of aromatic nitrogens is 1. The molecule has 16 heteroatoms. The average molecular weight is 796 g/mol. The van der Waals surface area contributed by atoms with E-state index in [1.807, 2.05) is 25.1 Å². The van der Waals surface area contributed by atoms with Crippen LogP contribution < -0.4 is 29.6 Å². The Hall–Kier alpha value is -4.60. The van der Waals surface area contributed by atoms with Crippen molar-refractivity contribution in [2.45, 2.75) is 121 Å². The molecule has 0 spiro atoms. The van der Waals surface area contributed by atoms with Gasteiger partial charge in [-0.25, -0.2) is 18.2 Å². The number of carbonyl (C=O) groups excluding carboxylic acids is 4. The summed E-state index contributed by atoms with van der Waals surface area (Å²) in [6.45, 7) is 11.5. The van der Waals surface area contributed by atoms with Crippen LogP contribution in [-0.4, -0.2) is 95.9 Å². The maximum Gasteiger partial charge on any atom is 0.408 e. The predicted molar refractivity (Wildman–Crippen MR) is 205 cm³/mol. The van der Waals surface area contributed by atoms with Crippen LogP contribution in [0.15, 0.2) is 36.5 Å². The number of pyridine rings is 1. The second kappa shape index (κ2) is 14.7. The number of hydrogen-bond donors (Lipinski definition) is 3. The van der Waals surface area contributed by atoms with Crippen LogP contribution in [0.5, 0.6) is 17.4 Å². The van der Waals surface area contributed by atoms with E-state index in [1.165, 1.54) is 4.90 Å². The van der Waals surface area contributed by atoms with Gasteiger partial charge < -0.3 is 34.5 Å². The number of carbonyl (C=O) groups is 4. The van der Waals surface area contributed by atoms with Gasteiger partial charge in [-0.3, -0.25) is 19.1 Å². The van der Waals surface area contributed by atoms with Crippen LogP contribution in [0.4, 0.5) is 4.79 Å². The molecule has 1 saturated heterocycles. The lowest BCUT2D eigenvalue weighted by molar-refractivity contribution is -0.142. The number of nitrogens with zero attached hydrogens (tertiary/aromatic N) is 2. The first-order valence-corrected chi connectivity index (χ1v) is 21.1. The normalized spacial score (nSPS) is 30.7. The molecule has 7 atom stereocenters. The first-order valence-electron chi connectivity index (χ1n) is 19.6. The standard InChI is InChI=1S/C40H53N5O10S/c1-23-9-7-8-10-25-21-40(25,36(48)44-56(50,51)39(6)14-15-39)43-33(46)29-20-26(22-45(29)35(47)31(24(2)19-23)42-37(49)55-38(3,4)5)54-34-28-11-12-30-32(53-18-17-52-30)27(28)13-16-41-34/h8,10-13,16,23-26,29,31H,7,9,14-15,17-22H2,1-6H3,(H,42,49)(H,43,46)(H,44,48)/b10-8-/t23-,24+,25+,26+,29-,31-,40+/m0/s1. The number of benzene rings is 1. The number of nitrogens with one attached hydrogen (secondary N) is 3. The molecule has 3 aliphatic heterocycles. The number of hydrogen-bond acceptors (Lipinski definition) is 11.